The maximum atomic E-state index is 11.6. The normalized spacial score (nSPS) is 23.4. The van der Waals surface area contributed by atoms with Gasteiger partial charge in [-0.3, -0.25) is 0 Å². The van der Waals surface area contributed by atoms with Gasteiger partial charge in [0.05, 0.1) is 0 Å². The van der Waals surface area contributed by atoms with E-state index in [1.165, 1.54) is 0 Å². The van der Waals surface area contributed by atoms with Crippen LogP contribution in [0.1, 0.15) is 40.5 Å². The summed E-state index contributed by atoms with van der Waals surface area (Å²) in [7, 11) is 0. The fourth-order valence-corrected chi connectivity index (χ4v) is 1.41. The molecule has 0 bridgehead atoms. The van der Waals surface area contributed by atoms with Crippen molar-refractivity contribution < 1.29 is 9.53 Å². The van der Waals surface area contributed by atoms with Crippen LogP contribution in [0.2, 0.25) is 0 Å². The lowest BCUT2D eigenvalue weighted by atomic mass is 10.1. The molecule has 4 heteroatoms. The Morgan fingerprint density at radius 2 is 2.14 bits per heavy atom. The van der Waals surface area contributed by atoms with Gasteiger partial charge in [-0.1, -0.05) is 0 Å². The molecule has 1 N–H and O–H groups in total. The molecule has 0 aromatic rings. The average molecular weight is 200 g/mol. The van der Waals surface area contributed by atoms with Gasteiger partial charge in [0, 0.05) is 12.6 Å². The molecule has 0 saturated carbocycles. The Kier molecular flexibility index (Phi) is 3.37. The summed E-state index contributed by atoms with van der Waals surface area (Å²) in [5, 5.41) is 1.57. The maximum Gasteiger partial charge on any atom is 0.424 e. The molecular formula is C10H20N2O2. The van der Waals surface area contributed by atoms with E-state index >= 15 is 0 Å². The van der Waals surface area contributed by atoms with E-state index in [-0.39, 0.29) is 6.09 Å². The second kappa shape index (κ2) is 4.17. The van der Waals surface area contributed by atoms with Crippen LogP contribution in [0.25, 0.3) is 0 Å². The highest BCUT2D eigenvalue weighted by Crippen LogP contribution is 2.12. The van der Waals surface area contributed by atoms with Gasteiger partial charge >= 0.3 is 6.09 Å². The number of ether oxygens (including phenoxy) is 1. The Morgan fingerprint density at radius 3 is 2.64 bits per heavy atom. The van der Waals surface area contributed by atoms with E-state index in [1.54, 1.807) is 5.01 Å². The van der Waals surface area contributed by atoms with E-state index in [0.29, 0.717) is 6.04 Å². The molecule has 0 aromatic heterocycles. The first-order valence-corrected chi connectivity index (χ1v) is 5.15. The highest BCUT2D eigenvalue weighted by Gasteiger charge is 2.25. The molecule has 1 amide bonds. The van der Waals surface area contributed by atoms with Crippen molar-refractivity contribution in [2.45, 2.75) is 52.2 Å². The van der Waals surface area contributed by atoms with Crippen LogP contribution in [0.4, 0.5) is 4.79 Å². The molecule has 1 rings (SSSR count). The number of nitrogens with one attached hydrogen (secondary N) is 1. The Labute approximate surface area is 85.6 Å². The summed E-state index contributed by atoms with van der Waals surface area (Å²) in [4.78, 5) is 11.6. The lowest BCUT2D eigenvalue weighted by molar-refractivity contribution is 0.00342. The molecule has 14 heavy (non-hydrogen) atoms. The second-order valence-corrected chi connectivity index (χ2v) is 4.80. The number of carbonyl (C=O) groups excluding carboxylic acids is 1. The lowest BCUT2D eigenvalue weighted by Gasteiger charge is -2.33. The third-order valence-corrected chi connectivity index (χ3v) is 2.01. The van der Waals surface area contributed by atoms with Crippen molar-refractivity contribution in [2.75, 3.05) is 6.54 Å². The molecule has 1 atom stereocenters. The molecule has 0 unspecified atom stereocenters. The highest BCUT2D eigenvalue weighted by atomic mass is 16.6. The number of hydrazine groups is 1. The van der Waals surface area contributed by atoms with E-state index in [9.17, 15) is 4.79 Å². The third kappa shape index (κ3) is 3.54. The molecular weight excluding hydrogens is 180 g/mol. The molecule has 82 valence electrons. The molecule has 0 aliphatic carbocycles. The fourth-order valence-electron chi connectivity index (χ4n) is 1.41. The molecule has 0 spiro atoms. The zero-order valence-electron chi connectivity index (χ0n) is 9.46. The summed E-state index contributed by atoms with van der Waals surface area (Å²) in [6.45, 7) is 8.42. The molecule has 0 aromatic carbocycles. The van der Waals surface area contributed by atoms with Crippen molar-refractivity contribution in [1.29, 1.82) is 0 Å². The number of carbonyl (C=O) groups is 1. The zero-order valence-corrected chi connectivity index (χ0v) is 9.46. The van der Waals surface area contributed by atoms with Crippen LogP contribution in [0, 0.1) is 0 Å². The van der Waals surface area contributed by atoms with Crippen molar-refractivity contribution >= 4 is 6.09 Å². The summed E-state index contributed by atoms with van der Waals surface area (Å²) < 4.78 is 5.25. The van der Waals surface area contributed by atoms with Gasteiger partial charge in [0.25, 0.3) is 0 Å². The van der Waals surface area contributed by atoms with Gasteiger partial charge in [0.15, 0.2) is 0 Å². The SMILES string of the molecule is C[C@H]1CCCN(C(=O)OC(C)(C)C)N1. The number of hydrogen-bond acceptors (Lipinski definition) is 3. The van der Waals surface area contributed by atoms with Crippen LogP contribution in [0.5, 0.6) is 0 Å². The largest absolute Gasteiger partial charge is 0.443 e. The molecule has 0 radical (unpaired) electrons. The first kappa shape index (κ1) is 11.3. The highest BCUT2D eigenvalue weighted by molar-refractivity contribution is 5.67. The fraction of sp³-hybridized carbons (Fsp3) is 0.900. The van der Waals surface area contributed by atoms with Gasteiger partial charge in [-0.2, -0.15) is 0 Å². The first-order chi connectivity index (χ1) is 6.38. The van der Waals surface area contributed by atoms with E-state index in [1.807, 2.05) is 20.8 Å². The smallest absolute Gasteiger partial charge is 0.424 e. The third-order valence-electron chi connectivity index (χ3n) is 2.01. The van der Waals surface area contributed by atoms with Gasteiger partial charge in [-0.15, -0.1) is 0 Å². The second-order valence-electron chi connectivity index (χ2n) is 4.80. The summed E-state index contributed by atoms with van der Waals surface area (Å²) in [6.07, 6.45) is 1.87. The Bertz CT molecular complexity index is 211. The van der Waals surface area contributed by atoms with Crippen LogP contribution in [0.3, 0.4) is 0 Å². The monoisotopic (exact) mass is 200 g/mol. The minimum absolute atomic E-state index is 0.274. The first-order valence-electron chi connectivity index (χ1n) is 5.15. The van der Waals surface area contributed by atoms with Crippen LogP contribution in [0.15, 0.2) is 0 Å². The van der Waals surface area contributed by atoms with Gasteiger partial charge < -0.3 is 4.74 Å². The van der Waals surface area contributed by atoms with Crippen molar-refractivity contribution in [1.82, 2.24) is 10.4 Å². The minimum Gasteiger partial charge on any atom is -0.443 e. The van der Waals surface area contributed by atoms with Crippen LogP contribution in [-0.2, 0) is 4.74 Å². The molecule has 1 saturated heterocycles. The Morgan fingerprint density at radius 1 is 1.50 bits per heavy atom. The van der Waals surface area contributed by atoms with Crippen molar-refractivity contribution in [3.8, 4) is 0 Å². The molecule has 1 fully saturated rings. The van der Waals surface area contributed by atoms with Gasteiger partial charge in [0.1, 0.15) is 5.60 Å². The van der Waals surface area contributed by atoms with E-state index in [2.05, 4.69) is 12.3 Å². The molecule has 1 heterocycles. The average Bonchev–Trinajstić information content (AvgIpc) is 2.01. The van der Waals surface area contributed by atoms with E-state index in [0.717, 1.165) is 19.4 Å². The molecule has 4 nitrogen and oxygen atoms in total. The summed E-state index contributed by atoms with van der Waals surface area (Å²) >= 11 is 0. The van der Waals surface area contributed by atoms with Gasteiger partial charge in [-0.05, 0) is 40.5 Å². The zero-order chi connectivity index (χ0) is 10.8. The van der Waals surface area contributed by atoms with Crippen LogP contribution >= 0.6 is 0 Å². The Balaban J connectivity index is 2.44. The van der Waals surface area contributed by atoms with Crippen LogP contribution < -0.4 is 5.43 Å². The molecule has 1 aliphatic heterocycles. The van der Waals surface area contributed by atoms with Crippen molar-refractivity contribution in [3.63, 3.8) is 0 Å². The number of rotatable bonds is 0. The minimum atomic E-state index is -0.417. The lowest BCUT2D eigenvalue weighted by Crippen LogP contribution is -2.52. The summed E-state index contributed by atoms with van der Waals surface area (Å²) in [6, 6.07) is 0.358. The van der Waals surface area contributed by atoms with E-state index < -0.39 is 5.60 Å². The van der Waals surface area contributed by atoms with Crippen molar-refractivity contribution in [3.05, 3.63) is 0 Å². The number of nitrogens with zero attached hydrogens (tertiary/aromatic N) is 1. The summed E-state index contributed by atoms with van der Waals surface area (Å²) in [5.41, 5.74) is 2.68. The summed E-state index contributed by atoms with van der Waals surface area (Å²) in [5.74, 6) is 0. The van der Waals surface area contributed by atoms with Gasteiger partial charge in [-0.25, -0.2) is 15.2 Å². The van der Waals surface area contributed by atoms with Gasteiger partial charge in [0.2, 0.25) is 0 Å². The standard InChI is InChI=1S/C10H20N2O2/c1-8-6-5-7-12(11-8)9(13)14-10(2,3)4/h8,11H,5-7H2,1-4H3/t8-/m0/s1. The predicted molar refractivity (Wildman–Crippen MR) is 54.8 cm³/mol. The predicted octanol–water partition coefficient (Wildman–Crippen LogP) is 1.91. The number of hydrogen-bond donors (Lipinski definition) is 1. The quantitative estimate of drug-likeness (QED) is 0.649. The van der Waals surface area contributed by atoms with Crippen LogP contribution in [-0.4, -0.2) is 29.3 Å². The Hall–Kier alpha value is -0.770. The van der Waals surface area contributed by atoms with Crippen molar-refractivity contribution in [2.24, 2.45) is 0 Å². The topological polar surface area (TPSA) is 41.6 Å². The number of amides is 1. The maximum absolute atomic E-state index is 11.6. The molecule has 1 aliphatic rings. The van der Waals surface area contributed by atoms with E-state index in [4.69, 9.17) is 4.74 Å².